The Morgan fingerprint density at radius 3 is 1.67 bits per heavy atom. The third kappa shape index (κ3) is 4.58. The number of benzene rings is 3. The molecule has 3 nitrogen and oxygen atoms in total. The molecule has 0 saturated heterocycles. The van der Waals surface area contributed by atoms with Crippen LogP contribution in [0.4, 0.5) is 0 Å². The van der Waals surface area contributed by atoms with Crippen LogP contribution in [0.3, 0.4) is 0 Å². The summed E-state index contributed by atoms with van der Waals surface area (Å²) in [7, 11) is -3.53. The van der Waals surface area contributed by atoms with Gasteiger partial charge in [-0.2, -0.15) is 0 Å². The van der Waals surface area contributed by atoms with Crippen LogP contribution < -0.4 is 15.1 Å². The van der Waals surface area contributed by atoms with Crippen LogP contribution in [0.25, 0.3) is 0 Å². The fourth-order valence-electron chi connectivity index (χ4n) is 3.52. The number of ether oxygens (including phenoxy) is 2. The van der Waals surface area contributed by atoms with Crippen molar-refractivity contribution in [3.8, 4) is 11.5 Å². The maximum atomic E-state index is 12.0. The van der Waals surface area contributed by atoms with Crippen LogP contribution in [0.15, 0.2) is 78.9 Å². The molecule has 30 heavy (non-hydrogen) atoms. The Kier molecular flexibility index (Phi) is 6.63. The molecule has 0 saturated carbocycles. The van der Waals surface area contributed by atoms with Crippen molar-refractivity contribution in [2.24, 2.45) is 0 Å². The summed E-state index contributed by atoms with van der Waals surface area (Å²) in [5.41, 5.74) is 0.618. The summed E-state index contributed by atoms with van der Waals surface area (Å²) in [6.07, 6.45) is 0. The number of rotatable bonds is 7. The van der Waals surface area contributed by atoms with E-state index < -0.39 is 15.2 Å². The van der Waals surface area contributed by atoms with E-state index in [4.69, 9.17) is 9.47 Å². The molecule has 0 spiro atoms. The standard InChI is InChI=1S/C25H30O3Si2/c1-6-27-25(26)20-12-16-23(17-13-20)29(2,3)30(4,5)24-18-14-22(15-19-24)28-21-10-8-7-9-11-21/h7-19H,6H2,1-5H3. The van der Waals surface area contributed by atoms with Crippen molar-refractivity contribution in [3.05, 3.63) is 84.4 Å². The van der Waals surface area contributed by atoms with Gasteiger partial charge in [0.25, 0.3) is 0 Å². The maximum Gasteiger partial charge on any atom is 0.338 e. The van der Waals surface area contributed by atoms with Crippen molar-refractivity contribution < 1.29 is 14.3 Å². The van der Waals surface area contributed by atoms with Gasteiger partial charge in [0.15, 0.2) is 0 Å². The zero-order valence-corrected chi connectivity index (χ0v) is 20.4. The van der Waals surface area contributed by atoms with E-state index in [1.807, 2.05) is 49.4 Å². The van der Waals surface area contributed by atoms with Crippen LogP contribution in [0.2, 0.25) is 26.2 Å². The van der Waals surface area contributed by atoms with Gasteiger partial charge in [-0.3, -0.25) is 0 Å². The first kappa shape index (κ1) is 22.1. The summed E-state index contributed by atoms with van der Waals surface area (Å²) in [4.78, 5) is 12.0. The van der Waals surface area contributed by atoms with Gasteiger partial charge in [-0.25, -0.2) is 4.79 Å². The highest BCUT2D eigenvalue weighted by Crippen LogP contribution is 2.23. The number of esters is 1. The molecule has 156 valence electrons. The van der Waals surface area contributed by atoms with Crippen molar-refractivity contribution in [2.45, 2.75) is 33.1 Å². The Morgan fingerprint density at radius 1 is 0.700 bits per heavy atom. The SMILES string of the molecule is CCOC(=O)c1ccc([Si](C)(C)[Si](C)(C)c2ccc(Oc3ccccc3)cc2)cc1. The van der Waals surface area contributed by atoms with Gasteiger partial charge in [-0.1, -0.05) is 79.0 Å². The molecule has 5 heteroatoms. The molecule has 0 unspecified atom stereocenters. The first-order valence-electron chi connectivity index (χ1n) is 10.4. The monoisotopic (exact) mass is 434 g/mol. The second kappa shape index (κ2) is 9.02. The zero-order chi connectivity index (χ0) is 21.8. The van der Waals surface area contributed by atoms with Gasteiger partial charge in [0.1, 0.15) is 11.5 Å². The summed E-state index contributed by atoms with van der Waals surface area (Å²) >= 11 is 0. The number of carbonyl (C=O) groups is 1. The van der Waals surface area contributed by atoms with Gasteiger partial charge in [-0.05, 0) is 43.3 Å². The molecule has 0 fully saturated rings. The first-order valence-corrected chi connectivity index (χ1v) is 17.4. The molecule has 0 heterocycles. The van der Waals surface area contributed by atoms with Crippen molar-refractivity contribution in [3.63, 3.8) is 0 Å². The normalized spacial score (nSPS) is 11.8. The van der Waals surface area contributed by atoms with Crippen LogP contribution >= 0.6 is 0 Å². The molecular formula is C25H30O3Si2. The number of para-hydroxylation sites is 1. The molecule has 0 aliphatic heterocycles. The lowest BCUT2D eigenvalue weighted by molar-refractivity contribution is 0.0526. The van der Waals surface area contributed by atoms with Crippen LogP contribution in [-0.2, 0) is 4.74 Å². The molecule has 0 aliphatic carbocycles. The topological polar surface area (TPSA) is 35.5 Å². The van der Waals surface area contributed by atoms with Crippen LogP contribution in [0.1, 0.15) is 17.3 Å². The third-order valence-electron chi connectivity index (χ3n) is 6.24. The average Bonchev–Trinajstić information content (AvgIpc) is 2.75. The fourth-order valence-corrected chi connectivity index (χ4v) is 12.3. The number of hydrogen-bond donors (Lipinski definition) is 0. The van der Waals surface area contributed by atoms with E-state index in [-0.39, 0.29) is 5.97 Å². The fraction of sp³-hybridized carbons (Fsp3) is 0.240. The predicted molar refractivity (Wildman–Crippen MR) is 130 cm³/mol. The molecule has 0 amide bonds. The van der Waals surface area contributed by atoms with Gasteiger partial charge >= 0.3 is 5.97 Å². The lowest BCUT2D eigenvalue weighted by atomic mass is 10.2. The van der Waals surface area contributed by atoms with Crippen molar-refractivity contribution in [1.82, 2.24) is 0 Å². The highest BCUT2D eigenvalue weighted by molar-refractivity contribution is 7.49. The Hall–Kier alpha value is -2.64. The predicted octanol–water partition coefficient (Wildman–Crippen LogP) is 5.27. The molecule has 3 aromatic carbocycles. The maximum absolute atomic E-state index is 12.0. The Balaban J connectivity index is 1.81. The largest absolute Gasteiger partial charge is 0.462 e. The second-order valence-corrected chi connectivity index (χ2v) is 23.6. The Labute approximate surface area is 181 Å². The molecule has 0 atom stereocenters. The minimum absolute atomic E-state index is 0.256. The molecule has 0 N–H and O–H groups in total. The zero-order valence-electron chi connectivity index (χ0n) is 18.4. The van der Waals surface area contributed by atoms with Crippen LogP contribution in [-0.4, -0.2) is 27.8 Å². The van der Waals surface area contributed by atoms with Crippen LogP contribution in [0, 0.1) is 0 Å². The van der Waals surface area contributed by atoms with Gasteiger partial charge in [0.2, 0.25) is 0 Å². The summed E-state index contributed by atoms with van der Waals surface area (Å²) in [6.45, 7) is 12.0. The molecule has 0 aromatic heterocycles. The van der Waals surface area contributed by atoms with E-state index in [1.165, 1.54) is 10.4 Å². The Morgan fingerprint density at radius 2 is 1.17 bits per heavy atom. The van der Waals surface area contributed by atoms with Gasteiger partial charge in [0, 0.05) is 0 Å². The van der Waals surface area contributed by atoms with Crippen LogP contribution in [0.5, 0.6) is 11.5 Å². The van der Waals surface area contributed by atoms with E-state index in [2.05, 4.69) is 62.6 Å². The van der Waals surface area contributed by atoms with Gasteiger partial charge in [0.05, 0.1) is 27.4 Å². The summed E-state index contributed by atoms with van der Waals surface area (Å²) in [5, 5.41) is 2.80. The van der Waals surface area contributed by atoms with Gasteiger partial charge in [-0.15, -0.1) is 0 Å². The highest BCUT2D eigenvalue weighted by atomic mass is 29.3. The first-order chi connectivity index (χ1) is 14.3. The van der Waals surface area contributed by atoms with E-state index in [1.54, 1.807) is 0 Å². The molecule has 3 aromatic rings. The summed E-state index contributed by atoms with van der Waals surface area (Å²) in [5.74, 6) is 1.44. The van der Waals surface area contributed by atoms with E-state index in [0.29, 0.717) is 12.2 Å². The Bertz CT molecular complexity index is 979. The third-order valence-corrected chi connectivity index (χ3v) is 24.0. The quantitative estimate of drug-likeness (QED) is 0.376. The van der Waals surface area contributed by atoms with E-state index >= 15 is 0 Å². The number of hydrogen-bond acceptors (Lipinski definition) is 3. The molecule has 0 aliphatic rings. The summed E-state index contributed by atoms with van der Waals surface area (Å²) < 4.78 is 11.1. The lowest BCUT2D eigenvalue weighted by Gasteiger charge is -2.39. The van der Waals surface area contributed by atoms with Gasteiger partial charge < -0.3 is 9.47 Å². The smallest absolute Gasteiger partial charge is 0.338 e. The average molecular weight is 435 g/mol. The van der Waals surface area contributed by atoms with Crippen molar-refractivity contribution >= 4 is 31.5 Å². The van der Waals surface area contributed by atoms with Crippen molar-refractivity contribution in [1.29, 1.82) is 0 Å². The number of carbonyl (C=O) groups excluding carboxylic acids is 1. The lowest BCUT2D eigenvalue weighted by Crippen LogP contribution is -2.69. The van der Waals surface area contributed by atoms with E-state index in [0.717, 1.165) is 11.5 Å². The second-order valence-electron chi connectivity index (χ2n) is 8.49. The minimum atomic E-state index is -1.77. The minimum Gasteiger partial charge on any atom is -0.462 e. The summed E-state index contributed by atoms with van der Waals surface area (Å²) in [6, 6.07) is 26.5. The van der Waals surface area contributed by atoms with Crippen molar-refractivity contribution in [2.75, 3.05) is 6.61 Å². The molecule has 3 rings (SSSR count). The highest BCUT2D eigenvalue weighted by Gasteiger charge is 2.43. The molecule has 0 radical (unpaired) electrons. The van der Waals surface area contributed by atoms with E-state index in [9.17, 15) is 4.79 Å². The molecular weight excluding hydrogens is 404 g/mol. The molecule has 0 bridgehead atoms.